The van der Waals surface area contributed by atoms with Crippen molar-refractivity contribution in [3.8, 4) is 0 Å². The number of carbonyl (C=O) groups excluding carboxylic acids is 2. The van der Waals surface area contributed by atoms with Gasteiger partial charge in [0.25, 0.3) is 5.92 Å². The van der Waals surface area contributed by atoms with Gasteiger partial charge in [-0.3, -0.25) is 14.6 Å². The predicted octanol–water partition coefficient (Wildman–Crippen LogP) is 3.84. The number of likely N-dealkylation sites (tertiary alicyclic amines) is 1. The highest BCUT2D eigenvalue weighted by molar-refractivity contribution is 6.00. The summed E-state index contributed by atoms with van der Waals surface area (Å²) in [5.74, 6) is -4.44. The summed E-state index contributed by atoms with van der Waals surface area (Å²) in [6.07, 6.45) is 7.84. The van der Waals surface area contributed by atoms with Crippen LogP contribution in [0.4, 0.5) is 24.5 Å². The zero-order valence-electron chi connectivity index (χ0n) is 20.9. The third-order valence-corrected chi connectivity index (χ3v) is 6.57. The molecule has 1 saturated heterocycles. The van der Waals surface area contributed by atoms with Crippen molar-refractivity contribution in [1.82, 2.24) is 15.2 Å². The molecule has 3 heterocycles. The summed E-state index contributed by atoms with van der Waals surface area (Å²) in [5, 5.41) is 5.64. The average Bonchev–Trinajstić information content (AvgIpc) is 3.33. The highest BCUT2D eigenvalue weighted by atomic mass is 19.3. The molecule has 0 atom stereocenters. The van der Waals surface area contributed by atoms with Gasteiger partial charge in [-0.2, -0.15) is 0 Å². The first-order valence-corrected chi connectivity index (χ1v) is 12.6. The molecule has 198 valence electrons. The van der Waals surface area contributed by atoms with Gasteiger partial charge >= 0.3 is 0 Å². The Kier molecular flexibility index (Phi) is 8.48. The molecule has 0 unspecified atom stereocenters. The third kappa shape index (κ3) is 7.09. The summed E-state index contributed by atoms with van der Waals surface area (Å²) in [6.45, 7) is 3.40. The molecular formula is C27H32F3N5O2. The van der Waals surface area contributed by atoms with E-state index in [1.165, 1.54) is 50.2 Å². The predicted molar refractivity (Wildman–Crippen MR) is 137 cm³/mol. The van der Waals surface area contributed by atoms with E-state index in [0.717, 1.165) is 36.5 Å². The number of nitrogens with one attached hydrogen (secondary N) is 2. The Morgan fingerprint density at radius 1 is 1.19 bits per heavy atom. The van der Waals surface area contributed by atoms with Gasteiger partial charge in [-0.1, -0.05) is 12.1 Å². The highest BCUT2D eigenvalue weighted by Gasteiger charge is 2.39. The minimum Gasteiger partial charge on any atom is -0.377 e. The van der Waals surface area contributed by atoms with Crippen molar-refractivity contribution < 1.29 is 22.8 Å². The van der Waals surface area contributed by atoms with Crippen molar-refractivity contribution in [2.75, 3.05) is 49.5 Å². The number of aromatic nitrogens is 1. The lowest BCUT2D eigenvalue weighted by Gasteiger charge is -2.25. The summed E-state index contributed by atoms with van der Waals surface area (Å²) in [7, 11) is 0. The van der Waals surface area contributed by atoms with E-state index >= 15 is 0 Å². The van der Waals surface area contributed by atoms with Gasteiger partial charge in [0.15, 0.2) is 0 Å². The Labute approximate surface area is 214 Å². The SMILES string of the molecule is CC(=O)N1CC(F)(F)CNc2c(Cc3ccc(F)cc3)cnc(/C=C/C(=O)NCCCN3CCCC3)c21. The quantitative estimate of drug-likeness (QED) is 0.413. The van der Waals surface area contributed by atoms with Crippen LogP contribution >= 0.6 is 0 Å². The lowest BCUT2D eigenvalue weighted by Crippen LogP contribution is -2.41. The maximum Gasteiger partial charge on any atom is 0.282 e. The Hall–Kier alpha value is -3.40. The van der Waals surface area contributed by atoms with Crippen molar-refractivity contribution in [2.24, 2.45) is 0 Å². The van der Waals surface area contributed by atoms with Crippen molar-refractivity contribution in [1.29, 1.82) is 0 Å². The van der Waals surface area contributed by atoms with E-state index in [2.05, 4.69) is 20.5 Å². The van der Waals surface area contributed by atoms with E-state index in [1.807, 2.05) is 0 Å². The Balaban J connectivity index is 1.56. The van der Waals surface area contributed by atoms with Crippen LogP contribution in [-0.2, 0) is 16.0 Å². The molecule has 2 amide bonds. The van der Waals surface area contributed by atoms with Crippen LogP contribution in [-0.4, -0.2) is 66.9 Å². The molecule has 2 aliphatic rings. The van der Waals surface area contributed by atoms with Crippen LogP contribution in [0.25, 0.3) is 6.08 Å². The molecule has 7 nitrogen and oxygen atoms in total. The number of carbonyl (C=O) groups is 2. The van der Waals surface area contributed by atoms with Gasteiger partial charge in [0.1, 0.15) is 5.82 Å². The average molecular weight is 516 g/mol. The van der Waals surface area contributed by atoms with Gasteiger partial charge in [-0.25, -0.2) is 13.2 Å². The van der Waals surface area contributed by atoms with Gasteiger partial charge in [0.2, 0.25) is 11.8 Å². The van der Waals surface area contributed by atoms with E-state index in [1.54, 1.807) is 12.1 Å². The second kappa shape index (κ2) is 11.8. The normalized spacial score (nSPS) is 17.4. The first kappa shape index (κ1) is 26.7. The number of hydrogen-bond donors (Lipinski definition) is 2. The zero-order valence-corrected chi connectivity index (χ0v) is 20.9. The summed E-state index contributed by atoms with van der Waals surface area (Å²) < 4.78 is 42.5. The molecule has 2 aromatic rings. The van der Waals surface area contributed by atoms with Crippen LogP contribution in [0.1, 0.15) is 43.0 Å². The fourth-order valence-corrected chi connectivity index (χ4v) is 4.69. The second-order valence-electron chi connectivity index (χ2n) is 9.54. The third-order valence-electron chi connectivity index (χ3n) is 6.57. The summed E-state index contributed by atoms with van der Waals surface area (Å²) in [5.41, 5.74) is 2.11. The van der Waals surface area contributed by atoms with Crippen molar-refractivity contribution in [3.63, 3.8) is 0 Å². The first-order valence-electron chi connectivity index (χ1n) is 12.6. The van der Waals surface area contributed by atoms with Gasteiger partial charge < -0.3 is 20.4 Å². The second-order valence-corrected chi connectivity index (χ2v) is 9.54. The number of alkyl halides is 2. The Morgan fingerprint density at radius 2 is 1.92 bits per heavy atom. The van der Waals surface area contributed by atoms with Crippen molar-refractivity contribution in [3.05, 3.63) is 59.2 Å². The summed E-state index contributed by atoms with van der Waals surface area (Å²) >= 11 is 0. The molecule has 0 spiro atoms. The fourth-order valence-electron chi connectivity index (χ4n) is 4.69. The van der Waals surface area contributed by atoms with Crippen LogP contribution in [0.3, 0.4) is 0 Å². The van der Waals surface area contributed by atoms with Crippen molar-refractivity contribution >= 4 is 29.3 Å². The number of amides is 2. The van der Waals surface area contributed by atoms with Gasteiger partial charge in [0, 0.05) is 37.7 Å². The van der Waals surface area contributed by atoms with E-state index in [-0.39, 0.29) is 23.1 Å². The van der Waals surface area contributed by atoms with E-state index in [9.17, 15) is 22.8 Å². The number of nitrogens with zero attached hydrogens (tertiary/aromatic N) is 3. The molecule has 0 aliphatic carbocycles. The largest absolute Gasteiger partial charge is 0.377 e. The molecule has 4 rings (SSSR count). The van der Waals surface area contributed by atoms with Gasteiger partial charge in [-0.05, 0) is 62.7 Å². The summed E-state index contributed by atoms with van der Waals surface area (Å²) in [6, 6.07) is 5.87. The lowest BCUT2D eigenvalue weighted by molar-refractivity contribution is -0.118. The molecule has 1 fully saturated rings. The number of anilines is 2. The maximum atomic E-state index is 14.6. The number of halogens is 3. The van der Waals surface area contributed by atoms with Crippen LogP contribution in [0.2, 0.25) is 0 Å². The number of pyridine rings is 1. The Bertz CT molecular complexity index is 1150. The van der Waals surface area contributed by atoms with Crippen molar-refractivity contribution in [2.45, 2.75) is 38.5 Å². The first-order chi connectivity index (χ1) is 17.7. The molecule has 0 saturated carbocycles. The minimum absolute atomic E-state index is 0.197. The van der Waals surface area contributed by atoms with Crippen LogP contribution in [0.5, 0.6) is 0 Å². The monoisotopic (exact) mass is 515 g/mol. The van der Waals surface area contributed by atoms with Gasteiger partial charge in [0.05, 0.1) is 30.2 Å². The smallest absolute Gasteiger partial charge is 0.282 e. The lowest BCUT2D eigenvalue weighted by atomic mass is 10.0. The minimum atomic E-state index is -3.18. The van der Waals surface area contributed by atoms with Crippen LogP contribution in [0, 0.1) is 5.82 Å². The number of benzene rings is 1. The standard InChI is InChI=1S/C27H32F3N5O2/c1-19(36)35-18-27(29,30)17-33-25-21(15-20-5-7-22(28)8-6-20)16-32-23(26(25)35)9-10-24(37)31-11-4-14-34-12-2-3-13-34/h5-10,16,33H,2-4,11-15,17-18H2,1H3,(H,31,37)/b10-9+. The van der Waals surface area contributed by atoms with E-state index < -0.39 is 24.9 Å². The Morgan fingerprint density at radius 3 is 2.62 bits per heavy atom. The number of hydrogen-bond acceptors (Lipinski definition) is 5. The van der Waals surface area contributed by atoms with Gasteiger partial charge in [-0.15, -0.1) is 0 Å². The number of rotatable bonds is 8. The maximum absolute atomic E-state index is 14.6. The molecule has 2 aliphatic heterocycles. The molecule has 1 aromatic carbocycles. The highest BCUT2D eigenvalue weighted by Crippen LogP contribution is 2.38. The van der Waals surface area contributed by atoms with E-state index in [4.69, 9.17) is 0 Å². The summed E-state index contributed by atoms with van der Waals surface area (Å²) in [4.78, 5) is 32.7. The fraction of sp³-hybridized carbons (Fsp3) is 0.444. The van der Waals surface area contributed by atoms with Crippen LogP contribution in [0.15, 0.2) is 36.5 Å². The molecule has 37 heavy (non-hydrogen) atoms. The molecule has 1 aromatic heterocycles. The van der Waals surface area contributed by atoms with Crippen LogP contribution < -0.4 is 15.5 Å². The molecule has 2 N–H and O–H groups in total. The molecule has 0 bridgehead atoms. The topological polar surface area (TPSA) is 77.6 Å². The number of fused-ring (bicyclic) bond motifs is 1. The molecule has 10 heteroatoms. The molecule has 0 radical (unpaired) electrons. The zero-order chi connectivity index (χ0) is 26.4. The van der Waals surface area contributed by atoms with E-state index in [0.29, 0.717) is 24.2 Å². The molecular weight excluding hydrogens is 483 g/mol.